The van der Waals surface area contributed by atoms with Gasteiger partial charge in [0.1, 0.15) is 5.75 Å². The van der Waals surface area contributed by atoms with Crippen molar-refractivity contribution < 1.29 is 36.2 Å². The Morgan fingerprint density at radius 1 is 1.33 bits per heavy atom. The zero-order valence-electron chi connectivity index (χ0n) is 15.3. The van der Waals surface area contributed by atoms with Crippen LogP contribution < -0.4 is 9.46 Å². The Morgan fingerprint density at radius 2 is 1.89 bits per heavy atom. The minimum Gasteiger partial charge on any atom is -0.479 e. The van der Waals surface area contributed by atoms with Crippen LogP contribution in [0.3, 0.4) is 0 Å². The van der Waals surface area contributed by atoms with Gasteiger partial charge in [-0.15, -0.1) is 0 Å². The molecule has 0 bridgehead atoms. The molecule has 1 aliphatic heterocycles. The maximum atomic E-state index is 12.9. The summed E-state index contributed by atoms with van der Waals surface area (Å²) in [6.45, 7) is 6.21. The average Bonchev–Trinajstić information content (AvgIpc) is 2.51. The number of hydrogen-bond acceptors (Lipinski definition) is 4. The summed E-state index contributed by atoms with van der Waals surface area (Å²) in [7, 11) is -3.85. The first-order chi connectivity index (χ1) is 12.3. The summed E-state index contributed by atoms with van der Waals surface area (Å²) in [6.07, 6.45) is -3.91. The number of carbonyl (C=O) groups is 1. The van der Waals surface area contributed by atoms with Crippen molar-refractivity contribution in [2.75, 3.05) is 6.67 Å². The molecule has 0 saturated heterocycles. The number of ether oxygens (including phenoxy) is 1. The molecule has 0 spiro atoms. The van der Waals surface area contributed by atoms with Crippen LogP contribution in [0.15, 0.2) is 28.7 Å². The molecule has 152 valence electrons. The lowest BCUT2D eigenvalue weighted by Crippen LogP contribution is -2.40. The molecule has 0 radical (unpaired) electrons. The fraction of sp³-hybridized carbons (Fsp3) is 0.471. The molecule has 1 heterocycles. The molecule has 1 atom stereocenters. The number of halogens is 3. The van der Waals surface area contributed by atoms with Crippen molar-refractivity contribution in [1.82, 2.24) is 4.72 Å². The molecule has 27 heavy (non-hydrogen) atoms. The standard InChI is InChI=1S/C15H17F2NO5S.C2H5F/c1-15(2,3)18-24(21,22)9-4-5-11-8(6-9)7-10(14(19)20)12(23-11)13(16)17;1-2-3/h4-7,12-13,18H,1-3H3,(H,19,20);2H2,1H3. The summed E-state index contributed by atoms with van der Waals surface area (Å²) >= 11 is 0. The van der Waals surface area contributed by atoms with Crippen LogP contribution in [0.2, 0.25) is 0 Å². The fourth-order valence-corrected chi connectivity index (χ4v) is 3.65. The molecule has 2 rings (SSSR count). The van der Waals surface area contributed by atoms with Crippen molar-refractivity contribution in [2.45, 2.75) is 50.7 Å². The van der Waals surface area contributed by atoms with Gasteiger partial charge in [-0.2, -0.15) is 0 Å². The van der Waals surface area contributed by atoms with Crippen LogP contribution >= 0.6 is 0 Å². The summed E-state index contributed by atoms with van der Waals surface area (Å²) in [5.41, 5.74) is -1.23. The topological polar surface area (TPSA) is 92.7 Å². The minimum atomic E-state index is -3.85. The maximum absolute atomic E-state index is 12.9. The van der Waals surface area contributed by atoms with E-state index in [1.807, 2.05) is 0 Å². The number of hydrogen-bond donors (Lipinski definition) is 2. The summed E-state index contributed by atoms with van der Waals surface area (Å²) < 4.78 is 68.3. The third kappa shape index (κ3) is 6.24. The Labute approximate surface area is 156 Å². The Bertz CT molecular complexity index is 816. The monoisotopic (exact) mass is 409 g/mol. The predicted molar refractivity (Wildman–Crippen MR) is 94.2 cm³/mol. The molecule has 1 aromatic carbocycles. The Balaban J connectivity index is 0.00000114. The van der Waals surface area contributed by atoms with Gasteiger partial charge in [-0.05, 0) is 52.0 Å². The number of sulfonamides is 1. The van der Waals surface area contributed by atoms with Crippen LogP contribution in [0, 0.1) is 0 Å². The number of benzene rings is 1. The molecule has 1 aliphatic rings. The van der Waals surface area contributed by atoms with E-state index in [0.29, 0.717) is 0 Å². The zero-order valence-corrected chi connectivity index (χ0v) is 16.1. The van der Waals surface area contributed by atoms with Gasteiger partial charge in [0.2, 0.25) is 10.0 Å². The van der Waals surface area contributed by atoms with Crippen LogP contribution in [0.4, 0.5) is 13.2 Å². The van der Waals surface area contributed by atoms with Crippen LogP contribution in [-0.2, 0) is 14.8 Å². The lowest BCUT2D eigenvalue weighted by Gasteiger charge is -2.25. The molecule has 1 aromatic rings. The van der Waals surface area contributed by atoms with Crippen molar-refractivity contribution in [3.63, 3.8) is 0 Å². The van der Waals surface area contributed by atoms with E-state index in [1.165, 1.54) is 25.1 Å². The largest absolute Gasteiger partial charge is 0.479 e. The molecular weight excluding hydrogens is 387 g/mol. The van der Waals surface area contributed by atoms with E-state index in [9.17, 15) is 26.4 Å². The quantitative estimate of drug-likeness (QED) is 0.797. The SMILES string of the molecule is CC(C)(C)NS(=O)(=O)c1ccc2c(c1)C=C(C(=O)O)C(C(F)F)O2.CCF. The van der Waals surface area contributed by atoms with Gasteiger partial charge >= 0.3 is 5.97 Å². The maximum Gasteiger partial charge on any atom is 0.335 e. The van der Waals surface area contributed by atoms with Crippen LogP contribution in [-0.4, -0.2) is 44.2 Å². The molecule has 6 nitrogen and oxygen atoms in total. The first kappa shape index (κ1) is 23.0. The van der Waals surface area contributed by atoms with Crippen LogP contribution in [0.5, 0.6) is 5.75 Å². The second-order valence-corrected chi connectivity index (χ2v) is 8.28. The molecule has 0 aliphatic carbocycles. The summed E-state index contributed by atoms with van der Waals surface area (Å²) in [4.78, 5) is 11.0. The van der Waals surface area contributed by atoms with Crippen molar-refractivity contribution in [3.8, 4) is 5.75 Å². The third-order valence-electron chi connectivity index (χ3n) is 3.08. The molecule has 0 amide bonds. The van der Waals surface area contributed by atoms with Crippen molar-refractivity contribution >= 4 is 22.1 Å². The lowest BCUT2D eigenvalue weighted by molar-refractivity contribution is -0.134. The molecule has 0 saturated carbocycles. The highest BCUT2D eigenvalue weighted by atomic mass is 32.2. The minimum absolute atomic E-state index is 0.00000803. The van der Waals surface area contributed by atoms with Crippen LogP contribution in [0.1, 0.15) is 33.3 Å². The fourth-order valence-electron chi connectivity index (χ4n) is 2.20. The van der Waals surface area contributed by atoms with E-state index < -0.39 is 39.6 Å². The molecule has 0 aromatic heterocycles. The smallest absolute Gasteiger partial charge is 0.335 e. The van der Waals surface area contributed by atoms with Gasteiger partial charge in [-0.1, -0.05) is 0 Å². The second kappa shape index (κ2) is 8.75. The van der Waals surface area contributed by atoms with Crippen molar-refractivity contribution in [2.24, 2.45) is 0 Å². The van der Waals surface area contributed by atoms with E-state index in [4.69, 9.17) is 9.84 Å². The summed E-state index contributed by atoms with van der Waals surface area (Å²) in [6, 6.07) is 3.64. The van der Waals surface area contributed by atoms with Gasteiger partial charge in [0.15, 0.2) is 6.10 Å². The number of carboxylic acids is 1. The van der Waals surface area contributed by atoms with Crippen molar-refractivity contribution in [1.29, 1.82) is 0 Å². The average molecular weight is 409 g/mol. The third-order valence-corrected chi connectivity index (χ3v) is 4.84. The molecule has 2 N–H and O–H groups in total. The van der Waals surface area contributed by atoms with E-state index in [-0.39, 0.29) is 22.9 Å². The Hall–Kier alpha value is -2.07. The summed E-state index contributed by atoms with van der Waals surface area (Å²) in [5.74, 6) is -1.55. The number of carboxylic acid groups (broad SMARTS) is 1. The van der Waals surface area contributed by atoms with E-state index in [1.54, 1.807) is 20.8 Å². The van der Waals surface area contributed by atoms with Gasteiger partial charge in [0, 0.05) is 11.1 Å². The van der Waals surface area contributed by atoms with Gasteiger partial charge in [-0.25, -0.2) is 26.7 Å². The number of fused-ring (bicyclic) bond motifs is 1. The Kier molecular flexibility index (Phi) is 7.44. The number of aliphatic carboxylic acids is 1. The van der Waals surface area contributed by atoms with Gasteiger partial charge in [0.05, 0.1) is 17.1 Å². The van der Waals surface area contributed by atoms with Crippen molar-refractivity contribution in [3.05, 3.63) is 29.3 Å². The van der Waals surface area contributed by atoms with Gasteiger partial charge in [-0.3, -0.25) is 4.39 Å². The van der Waals surface area contributed by atoms with E-state index in [0.717, 1.165) is 6.08 Å². The van der Waals surface area contributed by atoms with E-state index in [2.05, 4.69) is 4.72 Å². The molecular formula is C17H22F3NO5S. The number of nitrogens with one attached hydrogen (secondary N) is 1. The highest BCUT2D eigenvalue weighted by Gasteiger charge is 2.35. The summed E-state index contributed by atoms with van der Waals surface area (Å²) in [5, 5.41) is 9.05. The predicted octanol–water partition coefficient (Wildman–Crippen LogP) is 3.23. The van der Waals surface area contributed by atoms with Gasteiger partial charge in [0.25, 0.3) is 6.43 Å². The zero-order chi connectivity index (χ0) is 21.0. The lowest BCUT2D eigenvalue weighted by atomic mass is 10.0. The number of rotatable bonds is 4. The molecule has 0 fully saturated rings. The highest BCUT2D eigenvalue weighted by molar-refractivity contribution is 7.89. The first-order valence-corrected chi connectivity index (χ1v) is 9.44. The molecule has 10 heteroatoms. The first-order valence-electron chi connectivity index (χ1n) is 7.96. The second-order valence-electron chi connectivity index (χ2n) is 6.60. The highest BCUT2D eigenvalue weighted by Crippen LogP contribution is 2.33. The van der Waals surface area contributed by atoms with Crippen LogP contribution in [0.25, 0.3) is 6.08 Å². The van der Waals surface area contributed by atoms with E-state index >= 15 is 0 Å². The van der Waals surface area contributed by atoms with Gasteiger partial charge < -0.3 is 9.84 Å². The normalized spacial score (nSPS) is 16.6. The number of alkyl halides is 3. The molecule has 1 unspecified atom stereocenters. The Morgan fingerprint density at radius 3 is 2.33 bits per heavy atom.